The van der Waals surface area contributed by atoms with E-state index < -0.39 is 19.9 Å². The van der Waals surface area contributed by atoms with Crippen LogP contribution >= 0.6 is 7.82 Å². The van der Waals surface area contributed by atoms with Gasteiger partial charge >= 0.3 is 13.8 Å². The summed E-state index contributed by atoms with van der Waals surface area (Å²) in [5.74, 6) is -0.421. The van der Waals surface area contributed by atoms with Crippen LogP contribution < -0.4 is 5.73 Å². The largest absolute Gasteiger partial charge is 0.472 e. The molecule has 302 valence electrons. The van der Waals surface area contributed by atoms with Crippen LogP contribution in [0.3, 0.4) is 0 Å². The van der Waals surface area contributed by atoms with E-state index in [1.165, 1.54) is 38.5 Å². The predicted molar refractivity (Wildman–Crippen MR) is 224 cm³/mol. The number of phosphoric ester groups is 1. The van der Waals surface area contributed by atoms with E-state index >= 15 is 0 Å². The third-order valence-electron chi connectivity index (χ3n) is 7.75. The fraction of sp³-hybridized carbons (Fsp3) is 0.614. The Balaban J connectivity index is 4.25. The lowest BCUT2D eigenvalue weighted by atomic mass is 10.1. The Morgan fingerprint density at radius 3 is 1.58 bits per heavy atom. The van der Waals surface area contributed by atoms with Crippen LogP contribution in [0, 0.1) is 0 Å². The van der Waals surface area contributed by atoms with E-state index in [0.29, 0.717) is 13.0 Å². The SMILES string of the molecule is CC/C=C\C/C=C\C/C=C\C/C=C\C/C=C\C/C=C\CCC(=O)OC(COCCCCCCCC/C=C\C/C=C\CCCC)COP(=O)(O)OCCN. The van der Waals surface area contributed by atoms with E-state index in [-0.39, 0.29) is 32.8 Å². The maximum atomic E-state index is 12.5. The molecule has 0 rings (SSSR count). The fourth-order valence-electron chi connectivity index (χ4n) is 4.80. The number of phosphoric acid groups is 1. The Bertz CT molecular complexity index is 1120. The lowest BCUT2D eigenvalue weighted by molar-refractivity contribution is -0.154. The predicted octanol–water partition coefficient (Wildman–Crippen LogP) is 11.9. The normalized spacial score (nSPS) is 14.6. The molecule has 9 heteroatoms. The van der Waals surface area contributed by atoms with Crippen molar-refractivity contribution in [3.8, 4) is 0 Å². The summed E-state index contributed by atoms with van der Waals surface area (Å²) < 4.78 is 33.3. The van der Waals surface area contributed by atoms with Gasteiger partial charge in [-0.05, 0) is 77.0 Å². The summed E-state index contributed by atoms with van der Waals surface area (Å²) in [4.78, 5) is 22.4. The minimum atomic E-state index is -4.30. The molecule has 0 aromatic rings. The van der Waals surface area contributed by atoms with Gasteiger partial charge in [-0.15, -0.1) is 0 Å². The molecule has 0 heterocycles. The molecular formula is C44H74NO7P. The molecule has 53 heavy (non-hydrogen) atoms. The van der Waals surface area contributed by atoms with Crippen LogP contribution in [-0.2, 0) is 27.9 Å². The van der Waals surface area contributed by atoms with Crippen LogP contribution in [0.15, 0.2) is 97.2 Å². The molecule has 3 N–H and O–H groups in total. The first-order valence-electron chi connectivity index (χ1n) is 20.2. The van der Waals surface area contributed by atoms with Gasteiger partial charge < -0.3 is 20.1 Å². The zero-order chi connectivity index (χ0) is 38.8. The molecule has 0 amide bonds. The van der Waals surface area contributed by atoms with Gasteiger partial charge in [-0.25, -0.2) is 4.57 Å². The monoisotopic (exact) mass is 760 g/mol. The maximum Gasteiger partial charge on any atom is 0.472 e. The number of carbonyl (C=O) groups is 1. The molecule has 8 nitrogen and oxygen atoms in total. The number of allylic oxidation sites excluding steroid dienone is 16. The van der Waals surface area contributed by atoms with Gasteiger partial charge in [-0.3, -0.25) is 13.8 Å². The van der Waals surface area contributed by atoms with Gasteiger partial charge in [0.15, 0.2) is 0 Å². The van der Waals surface area contributed by atoms with Crippen molar-refractivity contribution in [2.75, 3.05) is 33.0 Å². The van der Waals surface area contributed by atoms with Crippen LogP contribution in [0.5, 0.6) is 0 Å². The van der Waals surface area contributed by atoms with Crippen LogP contribution in [-0.4, -0.2) is 49.9 Å². The number of unbranched alkanes of at least 4 members (excludes halogenated alkanes) is 8. The molecule has 0 fully saturated rings. The number of rotatable bonds is 37. The summed E-state index contributed by atoms with van der Waals surface area (Å²) in [6.07, 6.45) is 52.9. The Morgan fingerprint density at radius 1 is 0.585 bits per heavy atom. The highest BCUT2D eigenvalue weighted by atomic mass is 31.2. The number of esters is 1. The summed E-state index contributed by atoms with van der Waals surface area (Å²) in [5, 5.41) is 0. The number of carbonyl (C=O) groups excluding carboxylic acids is 1. The van der Waals surface area contributed by atoms with E-state index in [0.717, 1.165) is 70.6 Å². The van der Waals surface area contributed by atoms with Gasteiger partial charge in [0.2, 0.25) is 0 Å². The second-order valence-electron chi connectivity index (χ2n) is 12.8. The third-order valence-corrected chi connectivity index (χ3v) is 8.73. The molecular weight excluding hydrogens is 685 g/mol. The molecule has 0 spiro atoms. The lowest BCUT2D eigenvalue weighted by Gasteiger charge is -2.19. The van der Waals surface area contributed by atoms with E-state index in [9.17, 15) is 14.3 Å². The lowest BCUT2D eigenvalue weighted by Crippen LogP contribution is -2.28. The quantitative estimate of drug-likeness (QED) is 0.0278. The van der Waals surface area contributed by atoms with Crippen molar-refractivity contribution in [2.24, 2.45) is 5.73 Å². The van der Waals surface area contributed by atoms with Crippen LogP contribution in [0.2, 0.25) is 0 Å². The van der Waals surface area contributed by atoms with Crippen molar-refractivity contribution in [1.82, 2.24) is 0 Å². The van der Waals surface area contributed by atoms with Gasteiger partial charge in [0.1, 0.15) is 6.10 Å². The van der Waals surface area contributed by atoms with Gasteiger partial charge in [-0.1, -0.05) is 150 Å². The number of nitrogens with two attached hydrogens (primary N) is 1. The standard InChI is InChI=1S/C44H74NO7P/c1-3-5-7-9-11-13-15-17-19-20-21-22-23-25-27-29-31-33-35-37-44(46)52-43(42-51-53(47,48)50-40-38-45)41-49-39-36-34-32-30-28-26-24-18-16-14-12-10-8-6-4-2/h5,7,10-13,16-19,21-22,25,27,31,33,43H,3-4,6,8-9,14-15,20,23-24,26,28-30,32,34-42,45H2,1-2H3,(H,47,48)/b7-5-,12-10-,13-11-,18-16-,19-17-,22-21-,27-25-,33-31-. The topological polar surface area (TPSA) is 117 Å². The van der Waals surface area contributed by atoms with E-state index in [1.807, 2.05) is 12.2 Å². The molecule has 0 saturated heterocycles. The molecule has 0 aromatic heterocycles. The molecule has 2 atom stereocenters. The minimum Gasteiger partial charge on any atom is -0.457 e. The third kappa shape index (κ3) is 40.4. The van der Waals surface area contributed by atoms with Crippen molar-refractivity contribution >= 4 is 13.8 Å². The molecule has 0 aliphatic heterocycles. The van der Waals surface area contributed by atoms with Crippen molar-refractivity contribution < 1.29 is 32.8 Å². The van der Waals surface area contributed by atoms with Gasteiger partial charge in [0.25, 0.3) is 0 Å². The van der Waals surface area contributed by atoms with Crippen molar-refractivity contribution in [3.63, 3.8) is 0 Å². The highest BCUT2D eigenvalue weighted by molar-refractivity contribution is 7.47. The van der Waals surface area contributed by atoms with Crippen molar-refractivity contribution in [1.29, 1.82) is 0 Å². The zero-order valence-corrected chi connectivity index (χ0v) is 34.1. The minimum absolute atomic E-state index is 0.0721. The number of hydrogen-bond acceptors (Lipinski definition) is 7. The summed E-state index contributed by atoms with van der Waals surface area (Å²) >= 11 is 0. The van der Waals surface area contributed by atoms with Gasteiger partial charge in [-0.2, -0.15) is 0 Å². The fourth-order valence-corrected chi connectivity index (χ4v) is 5.57. The average molecular weight is 760 g/mol. The maximum absolute atomic E-state index is 12.5. The molecule has 2 unspecified atom stereocenters. The molecule has 0 saturated carbocycles. The first kappa shape index (κ1) is 50.4. The Labute approximate surface area is 323 Å². The molecule has 0 aliphatic carbocycles. The van der Waals surface area contributed by atoms with Crippen LogP contribution in [0.1, 0.15) is 136 Å². The number of ether oxygens (including phenoxy) is 2. The summed E-state index contributed by atoms with van der Waals surface area (Å²) in [5.41, 5.74) is 5.35. The Hall–Kier alpha value is -2.58. The highest BCUT2D eigenvalue weighted by Gasteiger charge is 2.25. The van der Waals surface area contributed by atoms with Crippen LogP contribution in [0.4, 0.5) is 0 Å². The number of hydrogen-bond donors (Lipinski definition) is 2. The molecule has 0 bridgehead atoms. The Kier molecular flexibility index (Phi) is 38.6. The Morgan fingerprint density at radius 2 is 1.06 bits per heavy atom. The summed E-state index contributed by atoms with van der Waals surface area (Å²) in [6.45, 7) is 4.60. The van der Waals surface area contributed by atoms with Crippen molar-refractivity contribution in [3.05, 3.63) is 97.2 Å². The van der Waals surface area contributed by atoms with E-state index in [4.69, 9.17) is 24.3 Å². The highest BCUT2D eigenvalue weighted by Crippen LogP contribution is 2.43. The summed E-state index contributed by atoms with van der Waals surface area (Å²) in [6, 6.07) is 0. The van der Waals surface area contributed by atoms with Crippen molar-refractivity contribution in [2.45, 2.75) is 142 Å². The molecule has 0 radical (unpaired) electrons. The van der Waals surface area contributed by atoms with E-state index in [1.54, 1.807) is 0 Å². The van der Waals surface area contributed by atoms with Crippen LogP contribution in [0.25, 0.3) is 0 Å². The van der Waals surface area contributed by atoms with Gasteiger partial charge in [0.05, 0.1) is 19.8 Å². The first-order valence-corrected chi connectivity index (χ1v) is 21.7. The second-order valence-corrected chi connectivity index (χ2v) is 14.2. The first-order chi connectivity index (χ1) is 25.9. The summed E-state index contributed by atoms with van der Waals surface area (Å²) in [7, 11) is -4.30. The molecule has 0 aliphatic rings. The second kappa shape index (κ2) is 40.6. The molecule has 0 aromatic carbocycles. The van der Waals surface area contributed by atoms with E-state index in [2.05, 4.69) is 98.9 Å². The average Bonchev–Trinajstić information content (AvgIpc) is 3.15. The smallest absolute Gasteiger partial charge is 0.457 e. The zero-order valence-electron chi connectivity index (χ0n) is 33.2. The van der Waals surface area contributed by atoms with Gasteiger partial charge in [0, 0.05) is 19.6 Å².